The van der Waals surface area contributed by atoms with Crippen molar-refractivity contribution in [3.8, 4) is 0 Å². The summed E-state index contributed by atoms with van der Waals surface area (Å²) in [6.07, 6.45) is 0.964. The van der Waals surface area contributed by atoms with Gasteiger partial charge in [0.15, 0.2) is 5.78 Å². The zero-order valence-electron chi connectivity index (χ0n) is 18.5. The minimum Gasteiger partial charge on any atom is -0.392 e. The van der Waals surface area contributed by atoms with Gasteiger partial charge in [-0.2, -0.15) is 0 Å². The minimum atomic E-state index is -0.346. The Labute approximate surface area is 188 Å². The summed E-state index contributed by atoms with van der Waals surface area (Å²) < 4.78 is 0. The van der Waals surface area contributed by atoms with E-state index in [4.69, 9.17) is 0 Å². The van der Waals surface area contributed by atoms with E-state index >= 15 is 0 Å². The van der Waals surface area contributed by atoms with Crippen LogP contribution in [0.3, 0.4) is 0 Å². The molecule has 2 aliphatic rings. The number of carbonyl (C=O) groups is 3. The van der Waals surface area contributed by atoms with Gasteiger partial charge >= 0.3 is 0 Å². The number of ketones is 1. The lowest BCUT2D eigenvalue weighted by Gasteiger charge is -2.32. The van der Waals surface area contributed by atoms with Crippen molar-refractivity contribution in [1.82, 2.24) is 9.80 Å². The normalized spacial score (nSPS) is 18.8. The lowest BCUT2D eigenvalue weighted by molar-refractivity contribution is -0.131. The molecule has 2 aromatic carbocycles. The van der Waals surface area contributed by atoms with Crippen molar-refractivity contribution in [3.63, 3.8) is 0 Å². The first-order chi connectivity index (χ1) is 15.3. The van der Waals surface area contributed by atoms with Gasteiger partial charge in [0.1, 0.15) is 0 Å². The maximum atomic E-state index is 13.3. The second kappa shape index (κ2) is 9.22. The summed E-state index contributed by atoms with van der Waals surface area (Å²) in [4.78, 5) is 40.7. The summed E-state index contributed by atoms with van der Waals surface area (Å²) in [5.74, 6) is -0.0950. The molecule has 7 nitrogen and oxygen atoms in total. The van der Waals surface area contributed by atoms with Crippen LogP contribution in [0.4, 0.5) is 5.69 Å². The fourth-order valence-electron chi connectivity index (χ4n) is 4.48. The Bertz CT molecular complexity index is 1050. The summed E-state index contributed by atoms with van der Waals surface area (Å²) in [5, 5.41) is 12.8. The Hall–Kier alpha value is -3.03. The number of likely N-dealkylation sites (tertiary alicyclic amines) is 1. The number of hydrogen-bond acceptors (Lipinski definition) is 5. The molecular weight excluding hydrogens is 406 g/mol. The number of likely N-dealkylation sites (N-methyl/N-ethyl adjacent to an activating group) is 1. The maximum absolute atomic E-state index is 13.3. The molecule has 4 rings (SSSR count). The first-order valence-electron chi connectivity index (χ1n) is 11.0. The monoisotopic (exact) mass is 435 g/mol. The lowest BCUT2D eigenvalue weighted by Crippen LogP contribution is -2.39. The number of Topliss-reactive ketones (excluding diaryl/α,β-unsaturated/α-hetero) is 1. The summed E-state index contributed by atoms with van der Waals surface area (Å²) in [6, 6.07) is 12.8. The number of nitrogens with one attached hydrogen (secondary N) is 1. The van der Waals surface area contributed by atoms with E-state index in [0.29, 0.717) is 25.1 Å². The van der Waals surface area contributed by atoms with Crippen LogP contribution in [0.5, 0.6) is 0 Å². The third-order valence-corrected chi connectivity index (χ3v) is 6.37. The predicted octanol–water partition coefficient (Wildman–Crippen LogP) is 2.19. The summed E-state index contributed by atoms with van der Waals surface area (Å²) in [6.45, 7) is 3.47. The molecule has 0 bridgehead atoms. The topological polar surface area (TPSA) is 90.0 Å². The third kappa shape index (κ3) is 4.89. The molecule has 0 spiro atoms. The SMILES string of the molecule is CC(=O)c1cccc(C(CN2CC[C@@H](O)C2)N(C)C(=O)Cc2ccc3c(c2)NC(=O)C3)c1. The maximum Gasteiger partial charge on any atom is 0.228 e. The van der Waals surface area contributed by atoms with Crippen LogP contribution in [0.1, 0.15) is 46.4 Å². The first kappa shape index (κ1) is 22.2. The van der Waals surface area contributed by atoms with Crippen LogP contribution >= 0.6 is 0 Å². The molecule has 2 aliphatic heterocycles. The zero-order valence-corrected chi connectivity index (χ0v) is 18.5. The smallest absolute Gasteiger partial charge is 0.228 e. The fraction of sp³-hybridized carbons (Fsp3) is 0.400. The molecule has 2 N–H and O–H groups in total. The van der Waals surface area contributed by atoms with E-state index in [0.717, 1.165) is 35.3 Å². The lowest BCUT2D eigenvalue weighted by atomic mass is 9.99. The molecule has 2 amide bonds. The van der Waals surface area contributed by atoms with E-state index in [2.05, 4.69) is 10.2 Å². The average molecular weight is 436 g/mol. The molecular formula is C25H29N3O4. The van der Waals surface area contributed by atoms with Crippen LogP contribution in [-0.4, -0.2) is 65.3 Å². The van der Waals surface area contributed by atoms with E-state index in [1.807, 2.05) is 36.4 Å². The molecule has 2 heterocycles. The van der Waals surface area contributed by atoms with Crippen LogP contribution in [0.15, 0.2) is 42.5 Å². The number of nitrogens with zero attached hydrogens (tertiary/aromatic N) is 2. The van der Waals surface area contributed by atoms with E-state index < -0.39 is 0 Å². The molecule has 1 unspecified atom stereocenters. The number of β-amino-alcohol motifs (C(OH)–C–C–N with tert-alkyl or cyclic N) is 1. The van der Waals surface area contributed by atoms with Crippen LogP contribution < -0.4 is 5.32 Å². The first-order valence-corrected chi connectivity index (χ1v) is 11.0. The number of fused-ring (bicyclic) bond motifs is 1. The van der Waals surface area contributed by atoms with Crippen molar-refractivity contribution >= 4 is 23.3 Å². The number of aliphatic hydroxyl groups is 1. The van der Waals surface area contributed by atoms with E-state index in [9.17, 15) is 19.5 Å². The molecule has 1 fully saturated rings. The average Bonchev–Trinajstić information content (AvgIpc) is 3.35. The van der Waals surface area contributed by atoms with Crippen molar-refractivity contribution in [2.75, 3.05) is 32.0 Å². The summed E-state index contributed by atoms with van der Waals surface area (Å²) in [7, 11) is 1.79. The number of carbonyl (C=O) groups excluding carboxylic acids is 3. The molecule has 0 saturated carbocycles. The Morgan fingerprint density at radius 2 is 2.06 bits per heavy atom. The van der Waals surface area contributed by atoms with Crippen molar-refractivity contribution in [3.05, 3.63) is 64.7 Å². The number of amides is 2. The van der Waals surface area contributed by atoms with Gasteiger partial charge < -0.3 is 15.3 Å². The van der Waals surface area contributed by atoms with Gasteiger partial charge in [0.05, 0.1) is 25.0 Å². The van der Waals surface area contributed by atoms with E-state index in [1.165, 1.54) is 6.92 Å². The molecule has 2 aromatic rings. The number of hydrogen-bond donors (Lipinski definition) is 2. The van der Waals surface area contributed by atoms with Gasteiger partial charge in [-0.15, -0.1) is 0 Å². The summed E-state index contributed by atoms with van der Waals surface area (Å²) in [5.41, 5.74) is 4.08. The molecule has 0 radical (unpaired) electrons. The van der Waals surface area contributed by atoms with Gasteiger partial charge in [0.2, 0.25) is 11.8 Å². The zero-order chi connectivity index (χ0) is 22.8. The van der Waals surface area contributed by atoms with Crippen LogP contribution in [0.25, 0.3) is 0 Å². The number of benzene rings is 2. The molecule has 7 heteroatoms. The molecule has 0 aliphatic carbocycles. The number of anilines is 1. The molecule has 1 saturated heterocycles. The number of rotatable bonds is 7. The second-order valence-electron chi connectivity index (χ2n) is 8.80. The minimum absolute atomic E-state index is 0.0173. The van der Waals surface area contributed by atoms with Crippen molar-refractivity contribution in [1.29, 1.82) is 0 Å². The molecule has 32 heavy (non-hydrogen) atoms. The summed E-state index contributed by atoms with van der Waals surface area (Å²) >= 11 is 0. The van der Waals surface area contributed by atoms with Crippen molar-refractivity contribution in [2.24, 2.45) is 0 Å². The van der Waals surface area contributed by atoms with Gasteiger partial charge in [-0.05, 0) is 42.2 Å². The van der Waals surface area contributed by atoms with Crippen LogP contribution in [-0.2, 0) is 22.4 Å². The number of aliphatic hydroxyl groups excluding tert-OH is 1. The quantitative estimate of drug-likeness (QED) is 0.651. The highest BCUT2D eigenvalue weighted by molar-refractivity contribution is 5.99. The van der Waals surface area contributed by atoms with Crippen LogP contribution in [0.2, 0.25) is 0 Å². The highest BCUT2D eigenvalue weighted by atomic mass is 16.3. The van der Waals surface area contributed by atoms with Gasteiger partial charge in [0.25, 0.3) is 0 Å². The Morgan fingerprint density at radius 1 is 1.25 bits per heavy atom. The highest BCUT2D eigenvalue weighted by Crippen LogP contribution is 2.27. The van der Waals surface area contributed by atoms with Crippen molar-refractivity contribution in [2.45, 2.75) is 38.3 Å². The molecule has 0 aromatic heterocycles. The highest BCUT2D eigenvalue weighted by Gasteiger charge is 2.29. The van der Waals surface area contributed by atoms with Crippen molar-refractivity contribution < 1.29 is 19.5 Å². The second-order valence-corrected chi connectivity index (χ2v) is 8.80. The largest absolute Gasteiger partial charge is 0.392 e. The van der Waals surface area contributed by atoms with E-state index in [-0.39, 0.29) is 36.2 Å². The predicted molar refractivity (Wildman–Crippen MR) is 122 cm³/mol. The van der Waals surface area contributed by atoms with Gasteiger partial charge in [-0.25, -0.2) is 0 Å². The van der Waals surface area contributed by atoms with Crippen LogP contribution in [0, 0.1) is 0 Å². The van der Waals surface area contributed by atoms with Gasteiger partial charge in [0, 0.05) is 37.9 Å². The Balaban J connectivity index is 1.55. The fourth-order valence-corrected chi connectivity index (χ4v) is 4.48. The van der Waals surface area contributed by atoms with E-state index in [1.54, 1.807) is 18.0 Å². The standard InChI is InChI=1S/C25H29N3O4/c1-16(29)18-4-3-5-20(12-18)23(15-28-9-8-21(30)14-28)27(2)25(32)11-17-6-7-19-13-24(31)26-22(19)10-17/h3-7,10,12,21,23,30H,8-9,11,13-15H2,1-2H3,(H,26,31)/t21-,23?/m1/s1. The van der Waals surface area contributed by atoms with Gasteiger partial charge in [-0.3, -0.25) is 19.3 Å². The molecule has 2 atom stereocenters. The third-order valence-electron chi connectivity index (χ3n) is 6.37. The Morgan fingerprint density at radius 3 is 2.78 bits per heavy atom. The van der Waals surface area contributed by atoms with Gasteiger partial charge in [-0.1, -0.05) is 30.3 Å². The Kier molecular flexibility index (Phi) is 6.39. The molecule has 168 valence electrons.